The number of hydrogen-bond donors (Lipinski definition) is 4. The molecule has 0 aromatic rings. The van der Waals surface area contributed by atoms with Crippen molar-refractivity contribution < 1.29 is 119 Å². The minimum Gasteiger partial charge on any atom is -0.469 e. The van der Waals surface area contributed by atoms with Crippen LogP contribution in [0, 0.1) is 0 Å². The second-order valence-corrected chi connectivity index (χ2v) is 15.0. The number of alkyl halides is 17. The van der Waals surface area contributed by atoms with Crippen LogP contribution in [-0.2, 0) is 23.8 Å². The predicted octanol–water partition coefficient (Wildman–Crippen LogP) is 8.06. The molecule has 0 radical (unpaired) electrons. The first kappa shape index (κ1) is 58.5. The van der Waals surface area contributed by atoms with Crippen LogP contribution in [0.3, 0.4) is 0 Å². The number of halogens is 17. The van der Waals surface area contributed by atoms with Crippen molar-refractivity contribution in [2.75, 3.05) is 33.4 Å². The zero-order chi connectivity index (χ0) is 48.9. The number of amides is 1. The molecule has 0 aromatic carbocycles. The van der Waals surface area contributed by atoms with E-state index in [-0.39, 0.29) is 51.3 Å². The highest BCUT2D eigenvalue weighted by Gasteiger charge is 2.95. The molecule has 0 aliphatic carbocycles. The van der Waals surface area contributed by atoms with E-state index in [4.69, 9.17) is 9.47 Å². The number of rotatable bonds is 30. The second kappa shape index (κ2) is 23.8. The van der Waals surface area contributed by atoms with Crippen molar-refractivity contribution in [3.05, 3.63) is 0 Å². The minimum absolute atomic E-state index is 0.0144. The van der Waals surface area contributed by atoms with Crippen molar-refractivity contribution in [1.29, 1.82) is 0 Å². The highest BCUT2D eigenvalue weighted by molar-refractivity contribution is 5.76. The van der Waals surface area contributed by atoms with E-state index in [1.807, 2.05) is 0 Å². The molecule has 1 amide bonds. The molecule has 5 atom stereocenters. The highest BCUT2D eigenvalue weighted by Crippen LogP contribution is 2.64. The van der Waals surface area contributed by atoms with E-state index in [1.165, 1.54) is 12.0 Å². The average molecular weight is 966 g/mol. The Hall–Kier alpha value is -2.49. The number of ether oxygens (including phenoxy) is 3. The van der Waals surface area contributed by atoms with Crippen molar-refractivity contribution in [3.63, 3.8) is 0 Å². The summed E-state index contributed by atoms with van der Waals surface area (Å²) in [6, 6.07) is 0. The standard InChI is InChI=1S/C36H52F17NO9/c1-61-24(57)16-12-8-5-3-2-4-7-11-15-23(56)54(19-20-62-28-27(60)26(59)25(58)22(21-55)63-28)18-14-10-6-9-13-17-29(37,38)30(39,40)31(41,42)32(43,44)33(45,46)34(47,48)35(49,50)36(51,52)53/h22,25-28,55,58-60H,2-21H2,1H3/t22-,25+,26+,27-,28-/m1/s1. The maximum Gasteiger partial charge on any atom is 0.460 e. The Labute approximate surface area is 350 Å². The molecule has 1 saturated heterocycles. The Morgan fingerprint density at radius 3 is 1.44 bits per heavy atom. The van der Waals surface area contributed by atoms with Crippen LogP contribution >= 0.6 is 0 Å². The first-order valence-corrected chi connectivity index (χ1v) is 19.7. The summed E-state index contributed by atoms with van der Waals surface area (Å²) < 4.78 is 245. The molecule has 1 rings (SSSR count). The number of aliphatic hydroxyl groups excluding tert-OH is 4. The minimum atomic E-state index is -8.68. The van der Waals surface area contributed by atoms with Gasteiger partial charge in [-0.1, -0.05) is 57.8 Å². The molecule has 1 aliphatic heterocycles. The van der Waals surface area contributed by atoms with Crippen molar-refractivity contribution in [1.82, 2.24) is 4.90 Å². The van der Waals surface area contributed by atoms with Gasteiger partial charge in [-0.25, -0.2) is 0 Å². The van der Waals surface area contributed by atoms with Crippen molar-refractivity contribution in [2.24, 2.45) is 0 Å². The summed E-state index contributed by atoms with van der Waals surface area (Å²) in [5, 5.41) is 39.4. The summed E-state index contributed by atoms with van der Waals surface area (Å²) in [5.74, 6) is -57.3. The van der Waals surface area contributed by atoms with Gasteiger partial charge in [-0.2, -0.15) is 74.6 Å². The number of carbonyl (C=O) groups is 2. The van der Waals surface area contributed by atoms with Crippen LogP contribution in [-0.4, -0.2) is 149 Å². The van der Waals surface area contributed by atoms with Crippen LogP contribution in [0.15, 0.2) is 0 Å². The molecule has 10 nitrogen and oxygen atoms in total. The van der Waals surface area contributed by atoms with Crippen LogP contribution in [0.25, 0.3) is 0 Å². The van der Waals surface area contributed by atoms with Gasteiger partial charge in [0.05, 0.1) is 20.3 Å². The summed E-state index contributed by atoms with van der Waals surface area (Å²) in [4.78, 5) is 25.5. The molecule has 374 valence electrons. The number of nitrogens with zero attached hydrogens (tertiary/aromatic N) is 1. The Morgan fingerprint density at radius 1 is 0.540 bits per heavy atom. The third-order valence-corrected chi connectivity index (χ3v) is 10.3. The quantitative estimate of drug-likeness (QED) is 0.0319. The summed E-state index contributed by atoms with van der Waals surface area (Å²) in [6.07, 6.45) is -14.3. The van der Waals surface area contributed by atoms with Gasteiger partial charge in [0.2, 0.25) is 5.91 Å². The van der Waals surface area contributed by atoms with E-state index < -0.39 is 110 Å². The third kappa shape index (κ3) is 14.0. The molecular weight excluding hydrogens is 913 g/mol. The van der Waals surface area contributed by atoms with Gasteiger partial charge in [0.25, 0.3) is 0 Å². The fourth-order valence-electron chi connectivity index (χ4n) is 6.25. The number of esters is 1. The Balaban J connectivity index is 2.85. The fourth-order valence-corrected chi connectivity index (χ4v) is 6.25. The highest BCUT2D eigenvalue weighted by atomic mass is 19.4. The van der Waals surface area contributed by atoms with E-state index in [2.05, 4.69) is 4.74 Å². The first-order valence-electron chi connectivity index (χ1n) is 19.7. The Kier molecular flexibility index (Phi) is 22.1. The number of carbonyl (C=O) groups excluding carboxylic acids is 2. The van der Waals surface area contributed by atoms with Crippen LogP contribution in [0.4, 0.5) is 74.6 Å². The van der Waals surface area contributed by atoms with Crippen LogP contribution in [0.1, 0.15) is 103 Å². The molecule has 0 saturated carbocycles. The summed E-state index contributed by atoms with van der Waals surface area (Å²) >= 11 is 0. The van der Waals surface area contributed by atoms with Gasteiger partial charge in [-0.15, -0.1) is 0 Å². The van der Waals surface area contributed by atoms with Crippen LogP contribution < -0.4 is 0 Å². The normalized spacial score (nSPS) is 21.1. The fraction of sp³-hybridized carbons (Fsp3) is 0.944. The summed E-state index contributed by atoms with van der Waals surface area (Å²) in [7, 11) is 1.29. The Morgan fingerprint density at radius 2 is 0.968 bits per heavy atom. The van der Waals surface area contributed by atoms with Gasteiger partial charge in [0.1, 0.15) is 24.4 Å². The molecule has 27 heteroatoms. The molecule has 1 fully saturated rings. The molecule has 1 heterocycles. The SMILES string of the molecule is COC(=O)CCCCCCCCCCC(=O)N(CCCCCCCC(F)(F)C(F)(F)C(F)(F)C(F)(F)C(F)(F)C(F)(F)C(F)(F)C(F)(F)F)CCO[C@@H]1O[C@H](CO)[C@H](O)[C@H](O)[C@H]1O. The number of aliphatic hydroxyl groups is 4. The molecule has 63 heavy (non-hydrogen) atoms. The zero-order valence-corrected chi connectivity index (χ0v) is 33.7. The van der Waals surface area contributed by atoms with E-state index in [0.717, 1.165) is 32.1 Å². The van der Waals surface area contributed by atoms with Gasteiger partial charge in [-0.05, 0) is 25.7 Å². The van der Waals surface area contributed by atoms with Crippen molar-refractivity contribution in [3.8, 4) is 0 Å². The van der Waals surface area contributed by atoms with Crippen LogP contribution in [0.5, 0.6) is 0 Å². The third-order valence-electron chi connectivity index (χ3n) is 10.3. The Bertz CT molecular complexity index is 1390. The van der Waals surface area contributed by atoms with Gasteiger partial charge >= 0.3 is 53.6 Å². The lowest BCUT2D eigenvalue weighted by Gasteiger charge is -2.42. The van der Waals surface area contributed by atoms with Gasteiger partial charge in [0.15, 0.2) is 6.29 Å². The number of unbranched alkanes of at least 4 members (excludes halogenated alkanes) is 11. The lowest BCUT2D eigenvalue weighted by atomic mass is 9.87. The lowest BCUT2D eigenvalue weighted by molar-refractivity contribution is -0.461. The molecular formula is C36H52F17NO9. The van der Waals surface area contributed by atoms with E-state index >= 15 is 0 Å². The topological polar surface area (TPSA) is 146 Å². The maximum atomic E-state index is 14.3. The average Bonchev–Trinajstić information content (AvgIpc) is 3.19. The van der Waals surface area contributed by atoms with E-state index in [9.17, 15) is 105 Å². The van der Waals surface area contributed by atoms with Crippen LogP contribution in [0.2, 0.25) is 0 Å². The van der Waals surface area contributed by atoms with Gasteiger partial charge in [-0.3, -0.25) is 9.59 Å². The molecule has 0 bridgehead atoms. The molecule has 0 spiro atoms. The van der Waals surface area contributed by atoms with Gasteiger partial charge < -0.3 is 39.5 Å². The maximum absolute atomic E-state index is 14.3. The van der Waals surface area contributed by atoms with E-state index in [0.29, 0.717) is 25.7 Å². The predicted molar refractivity (Wildman–Crippen MR) is 183 cm³/mol. The first-order chi connectivity index (χ1) is 28.7. The number of hydrogen-bond acceptors (Lipinski definition) is 9. The monoisotopic (exact) mass is 965 g/mol. The second-order valence-electron chi connectivity index (χ2n) is 15.0. The largest absolute Gasteiger partial charge is 0.469 e. The van der Waals surface area contributed by atoms with E-state index in [1.54, 1.807) is 0 Å². The summed E-state index contributed by atoms with van der Waals surface area (Å²) in [5.41, 5.74) is 0. The van der Waals surface area contributed by atoms with Gasteiger partial charge in [0, 0.05) is 32.4 Å². The molecule has 0 unspecified atom stereocenters. The van der Waals surface area contributed by atoms with Crippen molar-refractivity contribution >= 4 is 11.9 Å². The summed E-state index contributed by atoms with van der Waals surface area (Å²) in [6.45, 7) is -1.42. The molecule has 1 aliphatic rings. The lowest BCUT2D eigenvalue weighted by Crippen LogP contribution is -2.74. The number of methoxy groups -OCH3 is 1. The molecule has 4 N–H and O–H groups in total. The zero-order valence-electron chi connectivity index (χ0n) is 33.7. The molecule has 0 aromatic heterocycles. The smallest absolute Gasteiger partial charge is 0.460 e. The van der Waals surface area contributed by atoms with Crippen molar-refractivity contribution in [2.45, 2.75) is 181 Å².